The van der Waals surface area contributed by atoms with E-state index in [4.69, 9.17) is 4.42 Å². The lowest BCUT2D eigenvalue weighted by Crippen LogP contribution is -2.38. The van der Waals surface area contributed by atoms with E-state index < -0.39 is 0 Å². The fraction of sp³-hybridized carbons (Fsp3) is 0.238. The summed E-state index contributed by atoms with van der Waals surface area (Å²) in [6.07, 6.45) is 3.40. The number of amides is 1. The van der Waals surface area contributed by atoms with E-state index in [2.05, 4.69) is 17.1 Å². The quantitative estimate of drug-likeness (QED) is 0.656. The first-order valence-corrected chi connectivity index (χ1v) is 8.57. The van der Waals surface area contributed by atoms with Gasteiger partial charge in [0, 0.05) is 13.2 Å². The van der Waals surface area contributed by atoms with Crippen LogP contribution in [0.2, 0.25) is 0 Å². The molecule has 0 spiro atoms. The summed E-state index contributed by atoms with van der Waals surface area (Å²) in [6, 6.07) is 19.6. The van der Waals surface area contributed by atoms with Crippen LogP contribution in [0.25, 0.3) is 0 Å². The van der Waals surface area contributed by atoms with Crippen LogP contribution in [0.15, 0.2) is 77.5 Å². The molecule has 0 aliphatic rings. The molecular weight excluding hydrogens is 326 g/mol. The molecule has 0 radical (unpaired) electrons. The normalized spacial score (nSPS) is 12.1. The van der Waals surface area contributed by atoms with Crippen LogP contribution >= 0.6 is 0 Å². The lowest BCUT2D eigenvalue weighted by molar-refractivity contribution is -0.131. The van der Waals surface area contributed by atoms with Crippen LogP contribution in [0.4, 0.5) is 0 Å². The summed E-state index contributed by atoms with van der Waals surface area (Å²) in [5, 5.41) is 0. The molecule has 1 atom stereocenters. The predicted octanol–water partition coefficient (Wildman–Crippen LogP) is 3.35. The van der Waals surface area contributed by atoms with Gasteiger partial charge in [-0.05, 0) is 36.9 Å². The van der Waals surface area contributed by atoms with Crippen LogP contribution in [-0.4, -0.2) is 41.3 Å². The van der Waals surface area contributed by atoms with Gasteiger partial charge in [0.05, 0.1) is 31.1 Å². The third-order valence-corrected chi connectivity index (χ3v) is 4.31. The highest BCUT2D eigenvalue weighted by Gasteiger charge is 2.23. The van der Waals surface area contributed by atoms with Crippen LogP contribution in [0.5, 0.6) is 0 Å². The summed E-state index contributed by atoms with van der Waals surface area (Å²) in [6.45, 7) is 0.743. The number of nitrogens with zero attached hydrogens (tertiary/aromatic N) is 3. The van der Waals surface area contributed by atoms with Crippen molar-refractivity contribution in [2.45, 2.75) is 12.6 Å². The Morgan fingerprint density at radius 1 is 1.04 bits per heavy atom. The molecule has 0 aliphatic heterocycles. The lowest BCUT2D eigenvalue weighted by Gasteiger charge is -2.29. The maximum absolute atomic E-state index is 12.7. The van der Waals surface area contributed by atoms with E-state index in [0.717, 1.165) is 17.0 Å². The van der Waals surface area contributed by atoms with Gasteiger partial charge in [0.25, 0.3) is 0 Å². The second-order valence-electron chi connectivity index (χ2n) is 6.31. The number of hydrogen-bond donors (Lipinski definition) is 0. The molecule has 134 valence electrons. The third-order valence-electron chi connectivity index (χ3n) is 4.31. The van der Waals surface area contributed by atoms with Crippen LogP contribution < -0.4 is 0 Å². The first kappa shape index (κ1) is 17.9. The Hall–Kier alpha value is -2.92. The topological polar surface area (TPSA) is 49.6 Å². The van der Waals surface area contributed by atoms with E-state index in [1.807, 2.05) is 60.5 Å². The number of likely N-dealkylation sites (N-methyl/N-ethyl adjacent to an activating group) is 2. The summed E-state index contributed by atoms with van der Waals surface area (Å²) >= 11 is 0. The molecule has 26 heavy (non-hydrogen) atoms. The number of benzene rings is 1. The summed E-state index contributed by atoms with van der Waals surface area (Å²) in [4.78, 5) is 20.9. The van der Waals surface area contributed by atoms with Crippen molar-refractivity contribution in [1.82, 2.24) is 14.8 Å². The van der Waals surface area contributed by atoms with Gasteiger partial charge in [0.2, 0.25) is 5.91 Å². The molecule has 2 aromatic heterocycles. The van der Waals surface area contributed by atoms with Crippen LogP contribution in [0.3, 0.4) is 0 Å². The monoisotopic (exact) mass is 349 g/mol. The third kappa shape index (κ3) is 4.37. The van der Waals surface area contributed by atoms with E-state index in [-0.39, 0.29) is 18.5 Å². The predicted molar refractivity (Wildman–Crippen MR) is 100 cm³/mol. The molecular formula is C21H23N3O2. The number of carbonyl (C=O) groups excluding carboxylic acids is 1. The molecule has 1 amide bonds. The van der Waals surface area contributed by atoms with Crippen molar-refractivity contribution in [2.24, 2.45) is 0 Å². The maximum atomic E-state index is 12.7. The van der Waals surface area contributed by atoms with Crippen molar-refractivity contribution in [1.29, 1.82) is 0 Å². The summed E-state index contributed by atoms with van der Waals surface area (Å²) in [7, 11) is 3.74. The number of pyridine rings is 1. The SMILES string of the molecule is CN(Cc1ccco1)C(=O)CN(C)[C@H](c1ccccc1)c1ccccn1. The van der Waals surface area contributed by atoms with Gasteiger partial charge in [-0.2, -0.15) is 0 Å². The van der Waals surface area contributed by atoms with E-state index in [1.165, 1.54) is 0 Å². The molecule has 3 rings (SSSR count). The smallest absolute Gasteiger partial charge is 0.236 e. The molecule has 3 aromatic rings. The number of hydrogen-bond acceptors (Lipinski definition) is 4. The molecule has 2 heterocycles. The Morgan fingerprint density at radius 3 is 2.46 bits per heavy atom. The van der Waals surface area contributed by atoms with Crippen molar-refractivity contribution in [3.63, 3.8) is 0 Å². The summed E-state index contributed by atoms with van der Waals surface area (Å²) in [5.41, 5.74) is 2.03. The molecule has 0 fully saturated rings. The standard InChI is InChI=1S/C21H23N3O2/c1-23(15-18-11-8-14-26-18)20(25)16-24(2)21(17-9-4-3-5-10-17)19-12-6-7-13-22-19/h3-14,21H,15-16H2,1-2H3/t21-/m1/s1. The second-order valence-corrected chi connectivity index (χ2v) is 6.31. The first-order chi connectivity index (χ1) is 12.6. The van der Waals surface area contributed by atoms with E-state index in [9.17, 15) is 4.79 Å². The Bertz CT molecular complexity index is 764. The highest BCUT2D eigenvalue weighted by Crippen LogP contribution is 2.25. The van der Waals surface area contributed by atoms with Gasteiger partial charge in [0.1, 0.15) is 5.76 Å². The molecule has 5 nitrogen and oxygen atoms in total. The van der Waals surface area contributed by atoms with Crippen LogP contribution in [0.1, 0.15) is 23.1 Å². The average Bonchev–Trinajstić information content (AvgIpc) is 3.16. The number of aromatic nitrogens is 1. The Balaban J connectivity index is 1.75. The largest absolute Gasteiger partial charge is 0.467 e. The molecule has 0 N–H and O–H groups in total. The van der Waals surface area contributed by atoms with Crippen LogP contribution in [-0.2, 0) is 11.3 Å². The Morgan fingerprint density at radius 2 is 1.81 bits per heavy atom. The van der Waals surface area contributed by atoms with Gasteiger partial charge in [-0.25, -0.2) is 0 Å². The van der Waals surface area contributed by atoms with Gasteiger partial charge in [-0.1, -0.05) is 36.4 Å². The number of rotatable bonds is 7. The molecule has 0 aliphatic carbocycles. The molecule has 0 saturated carbocycles. The number of furan rings is 1. The average molecular weight is 349 g/mol. The molecule has 1 aromatic carbocycles. The van der Waals surface area contributed by atoms with E-state index in [0.29, 0.717) is 6.54 Å². The zero-order valence-electron chi connectivity index (χ0n) is 15.1. The Labute approximate surface area is 153 Å². The van der Waals surface area contributed by atoms with Gasteiger partial charge in [-0.15, -0.1) is 0 Å². The minimum atomic E-state index is -0.0848. The number of carbonyl (C=O) groups is 1. The minimum Gasteiger partial charge on any atom is -0.467 e. The second kappa shape index (κ2) is 8.45. The molecule has 0 unspecified atom stereocenters. The lowest BCUT2D eigenvalue weighted by atomic mass is 10.0. The van der Waals surface area contributed by atoms with Gasteiger partial charge in [-0.3, -0.25) is 14.7 Å². The molecule has 0 saturated heterocycles. The van der Waals surface area contributed by atoms with Crippen molar-refractivity contribution in [2.75, 3.05) is 20.6 Å². The van der Waals surface area contributed by atoms with Crippen molar-refractivity contribution in [3.8, 4) is 0 Å². The first-order valence-electron chi connectivity index (χ1n) is 8.57. The zero-order valence-corrected chi connectivity index (χ0v) is 15.1. The Kier molecular flexibility index (Phi) is 5.81. The molecule has 0 bridgehead atoms. The van der Waals surface area contributed by atoms with E-state index in [1.54, 1.807) is 24.4 Å². The van der Waals surface area contributed by atoms with Crippen LogP contribution in [0, 0.1) is 0 Å². The fourth-order valence-electron chi connectivity index (χ4n) is 2.97. The van der Waals surface area contributed by atoms with Gasteiger partial charge < -0.3 is 9.32 Å². The highest BCUT2D eigenvalue weighted by molar-refractivity contribution is 5.78. The summed E-state index contributed by atoms with van der Waals surface area (Å²) in [5.74, 6) is 0.800. The van der Waals surface area contributed by atoms with Crippen molar-refractivity contribution < 1.29 is 9.21 Å². The zero-order chi connectivity index (χ0) is 18.4. The molecule has 5 heteroatoms. The van der Waals surface area contributed by atoms with Gasteiger partial charge in [0.15, 0.2) is 0 Å². The maximum Gasteiger partial charge on any atom is 0.236 e. The van der Waals surface area contributed by atoms with Crippen molar-refractivity contribution in [3.05, 3.63) is 90.1 Å². The van der Waals surface area contributed by atoms with Gasteiger partial charge >= 0.3 is 0 Å². The van der Waals surface area contributed by atoms with Crippen molar-refractivity contribution >= 4 is 5.91 Å². The highest BCUT2D eigenvalue weighted by atomic mass is 16.3. The summed E-state index contributed by atoms with van der Waals surface area (Å²) < 4.78 is 5.33. The minimum absolute atomic E-state index is 0.0285. The fourth-order valence-corrected chi connectivity index (χ4v) is 2.97. The van der Waals surface area contributed by atoms with E-state index >= 15 is 0 Å².